The molecule has 0 radical (unpaired) electrons. The summed E-state index contributed by atoms with van der Waals surface area (Å²) in [6.07, 6.45) is 4.85. The fraction of sp³-hybridized carbons (Fsp3) is 0. The predicted molar refractivity (Wildman–Crippen MR) is 97.2 cm³/mol. The van der Waals surface area contributed by atoms with Crippen molar-refractivity contribution in [2.24, 2.45) is 0 Å². The molecule has 0 atom stereocenters. The SMILES string of the molecule is Oc1ccncc1-c1nc(-c2cc(Cl)cc(Cl)c2O)n2ccccc12. The van der Waals surface area contributed by atoms with Crippen LogP contribution in [0.4, 0.5) is 0 Å². The van der Waals surface area contributed by atoms with E-state index in [0.29, 0.717) is 27.7 Å². The van der Waals surface area contributed by atoms with E-state index in [1.807, 2.05) is 24.4 Å². The van der Waals surface area contributed by atoms with Gasteiger partial charge in [0.05, 0.1) is 21.7 Å². The van der Waals surface area contributed by atoms with Gasteiger partial charge in [-0.15, -0.1) is 0 Å². The van der Waals surface area contributed by atoms with Crippen LogP contribution in [0.5, 0.6) is 11.5 Å². The summed E-state index contributed by atoms with van der Waals surface area (Å²) in [5.74, 6) is 0.415. The minimum atomic E-state index is -0.108. The molecule has 124 valence electrons. The number of aromatic hydroxyl groups is 2. The number of phenols is 1. The highest BCUT2D eigenvalue weighted by Gasteiger charge is 2.20. The summed E-state index contributed by atoms with van der Waals surface area (Å²) in [4.78, 5) is 8.68. The average Bonchev–Trinajstić information content (AvgIpc) is 2.98. The topological polar surface area (TPSA) is 70.7 Å². The molecule has 0 bridgehead atoms. The van der Waals surface area contributed by atoms with E-state index in [0.717, 1.165) is 5.52 Å². The lowest BCUT2D eigenvalue weighted by molar-refractivity contribution is 0.476. The van der Waals surface area contributed by atoms with Gasteiger partial charge in [-0.2, -0.15) is 0 Å². The Balaban J connectivity index is 2.07. The van der Waals surface area contributed by atoms with Gasteiger partial charge < -0.3 is 10.2 Å². The van der Waals surface area contributed by atoms with E-state index in [2.05, 4.69) is 9.97 Å². The molecule has 3 aromatic heterocycles. The molecule has 25 heavy (non-hydrogen) atoms. The molecule has 5 nitrogen and oxygen atoms in total. The molecule has 0 aliphatic carbocycles. The molecular weight excluding hydrogens is 361 g/mol. The van der Waals surface area contributed by atoms with E-state index in [9.17, 15) is 10.2 Å². The van der Waals surface area contributed by atoms with Crippen LogP contribution in [0, 0.1) is 0 Å². The first-order valence-electron chi connectivity index (χ1n) is 7.35. The second-order valence-corrected chi connectivity index (χ2v) is 6.26. The van der Waals surface area contributed by atoms with E-state index in [1.54, 1.807) is 16.7 Å². The number of rotatable bonds is 2. The molecule has 0 saturated heterocycles. The van der Waals surface area contributed by atoms with Gasteiger partial charge in [0, 0.05) is 23.6 Å². The summed E-state index contributed by atoms with van der Waals surface area (Å²) in [6, 6.07) is 10.1. The first-order valence-corrected chi connectivity index (χ1v) is 8.10. The van der Waals surface area contributed by atoms with Gasteiger partial charge in [-0.05, 0) is 30.3 Å². The molecular formula is C18H11Cl2N3O2. The highest BCUT2D eigenvalue weighted by molar-refractivity contribution is 6.36. The van der Waals surface area contributed by atoms with Gasteiger partial charge in [0.2, 0.25) is 0 Å². The Bertz CT molecular complexity index is 1110. The van der Waals surface area contributed by atoms with Crippen LogP contribution in [-0.4, -0.2) is 24.6 Å². The molecule has 0 aliphatic rings. The maximum atomic E-state index is 10.4. The quantitative estimate of drug-likeness (QED) is 0.531. The highest BCUT2D eigenvalue weighted by atomic mass is 35.5. The third-order valence-electron chi connectivity index (χ3n) is 3.87. The van der Waals surface area contributed by atoms with Gasteiger partial charge in [-0.3, -0.25) is 9.38 Å². The maximum absolute atomic E-state index is 10.4. The zero-order valence-electron chi connectivity index (χ0n) is 12.7. The smallest absolute Gasteiger partial charge is 0.149 e. The highest BCUT2D eigenvalue weighted by Crippen LogP contribution is 2.40. The van der Waals surface area contributed by atoms with Crippen molar-refractivity contribution in [3.05, 3.63) is 65.0 Å². The maximum Gasteiger partial charge on any atom is 0.149 e. The van der Waals surface area contributed by atoms with Crippen molar-refractivity contribution in [1.82, 2.24) is 14.4 Å². The van der Waals surface area contributed by atoms with Crippen molar-refractivity contribution in [2.75, 3.05) is 0 Å². The fourth-order valence-corrected chi connectivity index (χ4v) is 3.23. The standard InChI is InChI=1S/C18H11Cl2N3O2/c19-10-7-11(17(25)13(20)8-10)18-22-16(12-9-21-5-4-15(12)24)14-3-1-2-6-23(14)18/h1-9,25H,(H,21,24). The summed E-state index contributed by atoms with van der Waals surface area (Å²) in [5.41, 5.74) is 2.17. The second-order valence-electron chi connectivity index (χ2n) is 5.42. The summed E-state index contributed by atoms with van der Waals surface area (Å²) < 4.78 is 1.80. The normalized spacial score (nSPS) is 11.1. The zero-order valence-corrected chi connectivity index (χ0v) is 14.2. The van der Waals surface area contributed by atoms with Crippen molar-refractivity contribution >= 4 is 28.7 Å². The summed E-state index contributed by atoms with van der Waals surface area (Å²) in [5, 5.41) is 21.1. The Labute approximate surface area is 152 Å². The first kappa shape index (κ1) is 15.7. The van der Waals surface area contributed by atoms with E-state index in [4.69, 9.17) is 23.2 Å². The van der Waals surface area contributed by atoms with Gasteiger partial charge in [-0.1, -0.05) is 29.3 Å². The minimum Gasteiger partial charge on any atom is -0.507 e. The molecule has 7 heteroatoms. The third kappa shape index (κ3) is 2.58. The fourth-order valence-electron chi connectivity index (χ4n) is 2.73. The minimum absolute atomic E-state index is 0.0683. The van der Waals surface area contributed by atoms with Crippen molar-refractivity contribution < 1.29 is 10.2 Å². The zero-order chi connectivity index (χ0) is 17.6. The molecule has 2 N–H and O–H groups in total. The number of hydrogen-bond acceptors (Lipinski definition) is 4. The summed E-state index contributed by atoms with van der Waals surface area (Å²) >= 11 is 12.1. The van der Waals surface area contributed by atoms with Crippen LogP contribution >= 0.6 is 23.2 Å². The number of pyridine rings is 2. The molecule has 0 unspecified atom stereocenters. The third-order valence-corrected chi connectivity index (χ3v) is 4.38. The number of nitrogens with zero attached hydrogens (tertiary/aromatic N) is 3. The van der Waals surface area contributed by atoms with Crippen LogP contribution in [0.25, 0.3) is 28.2 Å². The summed E-state index contributed by atoms with van der Waals surface area (Å²) in [7, 11) is 0. The van der Waals surface area contributed by atoms with Crippen LogP contribution in [0.15, 0.2) is 55.0 Å². The van der Waals surface area contributed by atoms with Crippen molar-refractivity contribution in [1.29, 1.82) is 0 Å². The Morgan fingerprint density at radius 1 is 1.00 bits per heavy atom. The van der Waals surface area contributed by atoms with E-state index >= 15 is 0 Å². The van der Waals surface area contributed by atoms with Crippen LogP contribution in [0.3, 0.4) is 0 Å². The van der Waals surface area contributed by atoms with E-state index in [1.165, 1.54) is 18.3 Å². The Kier molecular flexibility index (Phi) is 3.75. The molecule has 0 fully saturated rings. The van der Waals surface area contributed by atoms with Crippen LogP contribution in [-0.2, 0) is 0 Å². The van der Waals surface area contributed by atoms with Crippen molar-refractivity contribution in [3.8, 4) is 34.1 Å². The van der Waals surface area contributed by atoms with Crippen LogP contribution in [0.1, 0.15) is 0 Å². The second kappa shape index (κ2) is 5.95. The number of imidazole rings is 1. The Morgan fingerprint density at radius 3 is 2.64 bits per heavy atom. The number of benzene rings is 1. The molecule has 4 rings (SSSR count). The number of halogens is 2. The Hall–Kier alpha value is -2.76. The molecule has 0 amide bonds. The first-order chi connectivity index (χ1) is 12.1. The van der Waals surface area contributed by atoms with Gasteiger partial charge in [-0.25, -0.2) is 4.98 Å². The molecule has 0 aliphatic heterocycles. The number of hydrogen-bond donors (Lipinski definition) is 2. The summed E-state index contributed by atoms with van der Waals surface area (Å²) in [6.45, 7) is 0. The van der Waals surface area contributed by atoms with Gasteiger partial charge >= 0.3 is 0 Å². The van der Waals surface area contributed by atoms with Crippen LogP contribution < -0.4 is 0 Å². The molecule has 1 aromatic carbocycles. The van der Waals surface area contributed by atoms with Gasteiger partial charge in [0.1, 0.15) is 23.0 Å². The Morgan fingerprint density at radius 2 is 1.84 bits per heavy atom. The monoisotopic (exact) mass is 371 g/mol. The largest absolute Gasteiger partial charge is 0.507 e. The lowest BCUT2D eigenvalue weighted by atomic mass is 10.1. The van der Waals surface area contributed by atoms with Crippen molar-refractivity contribution in [2.45, 2.75) is 0 Å². The van der Waals surface area contributed by atoms with Crippen LogP contribution in [0.2, 0.25) is 10.0 Å². The van der Waals surface area contributed by atoms with E-state index in [-0.39, 0.29) is 16.5 Å². The molecule has 3 heterocycles. The van der Waals surface area contributed by atoms with Crippen molar-refractivity contribution in [3.63, 3.8) is 0 Å². The number of phenolic OH excluding ortho intramolecular Hbond substituents is 1. The molecule has 0 saturated carbocycles. The van der Waals surface area contributed by atoms with E-state index < -0.39 is 0 Å². The molecule has 0 spiro atoms. The predicted octanol–water partition coefficient (Wildman–Crippen LogP) is 4.78. The molecule has 4 aromatic rings. The lowest BCUT2D eigenvalue weighted by Crippen LogP contribution is -1.89. The van der Waals surface area contributed by atoms with Gasteiger partial charge in [0.25, 0.3) is 0 Å². The van der Waals surface area contributed by atoms with Gasteiger partial charge in [0.15, 0.2) is 0 Å². The lowest BCUT2D eigenvalue weighted by Gasteiger charge is -2.06. The number of aromatic nitrogens is 3. The number of fused-ring (bicyclic) bond motifs is 1. The average molecular weight is 372 g/mol.